The molecule has 104 valence electrons. The van der Waals surface area contributed by atoms with Crippen molar-refractivity contribution in [2.45, 2.75) is 71.3 Å². The van der Waals surface area contributed by atoms with Crippen LogP contribution in [0.25, 0.3) is 0 Å². The van der Waals surface area contributed by atoms with Gasteiger partial charge in [-0.2, -0.15) is 0 Å². The molecule has 0 bridgehead atoms. The van der Waals surface area contributed by atoms with Crippen LogP contribution in [0.15, 0.2) is 17.5 Å². The maximum Gasteiger partial charge on any atom is 0.0172 e. The summed E-state index contributed by atoms with van der Waals surface area (Å²) in [6.07, 6.45) is 5.07. The van der Waals surface area contributed by atoms with Gasteiger partial charge in [-0.1, -0.05) is 32.8 Å². The number of rotatable bonds is 7. The van der Waals surface area contributed by atoms with Crippen LogP contribution in [0.3, 0.4) is 0 Å². The lowest BCUT2D eigenvalue weighted by molar-refractivity contribution is 0.296. The van der Waals surface area contributed by atoms with Crippen LogP contribution in [0.4, 0.5) is 0 Å². The van der Waals surface area contributed by atoms with E-state index in [0.29, 0.717) is 5.41 Å². The van der Waals surface area contributed by atoms with E-state index >= 15 is 0 Å². The molecule has 1 nitrogen and oxygen atoms in total. The van der Waals surface area contributed by atoms with Gasteiger partial charge in [-0.3, -0.25) is 0 Å². The molecular weight excluding hydrogens is 238 g/mol. The smallest absolute Gasteiger partial charge is 0.0172 e. The van der Waals surface area contributed by atoms with Crippen molar-refractivity contribution in [2.24, 2.45) is 0 Å². The summed E-state index contributed by atoms with van der Waals surface area (Å²) in [6.45, 7) is 12.5. The Hall–Kier alpha value is -0.340. The Morgan fingerprint density at radius 2 is 1.72 bits per heavy atom. The molecule has 0 fully saturated rings. The lowest BCUT2D eigenvalue weighted by Crippen LogP contribution is -2.45. The largest absolute Gasteiger partial charge is 0.311 e. The Labute approximate surface area is 117 Å². The van der Waals surface area contributed by atoms with E-state index in [2.05, 4.69) is 57.4 Å². The third-order valence-electron chi connectivity index (χ3n) is 3.46. The average molecular weight is 267 g/mol. The van der Waals surface area contributed by atoms with E-state index in [9.17, 15) is 0 Å². The minimum atomic E-state index is 0.198. The highest BCUT2D eigenvalue weighted by Crippen LogP contribution is 2.37. The Morgan fingerprint density at radius 3 is 2.11 bits per heavy atom. The van der Waals surface area contributed by atoms with E-state index in [4.69, 9.17) is 0 Å². The quantitative estimate of drug-likeness (QED) is 0.735. The van der Waals surface area contributed by atoms with Crippen molar-refractivity contribution < 1.29 is 0 Å². The predicted molar refractivity (Wildman–Crippen MR) is 83.6 cm³/mol. The van der Waals surface area contributed by atoms with Crippen LogP contribution in [-0.2, 0) is 5.41 Å². The molecule has 18 heavy (non-hydrogen) atoms. The zero-order valence-corrected chi connectivity index (χ0v) is 13.5. The molecule has 1 N–H and O–H groups in total. The van der Waals surface area contributed by atoms with E-state index < -0.39 is 0 Å². The minimum absolute atomic E-state index is 0.198. The van der Waals surface area contributed by atoms with Gasteiger partial charge in [-0.25, -0.2) is 0 Å². The van der Waals surface area contributed by atoms with Gasteiger partial charge in [-0.15, -0.1) is 11.3 Å². The average Bonchev–Trinajstić information content (AvgIpc) is 2.79. The summed E-state index contributed by atoms with van der Waals surface area (Å²) in [4.78, 5) is 1.56. The number of hydrogen-bond donors (Lipinski definition) is 1. The second kappa shape index (κ2) is 6.72. The van der Waals surface area contributed by atoms with Crippen LogP contribution >= 0.6 is 11.3 Å². The molecule has 0 unspecified atom stereocenters. The zero-order chi connectivity index (χ0) is 13.6. The molecule has 0 aliphatic heterocycles. The second-order valence-corrected chi connectivity index (χ2v) is 7.31. The predicted octanol–water partition coefficient (Wildman–Crippen LogP) is 4.97. The molecule has 1 aromatic heterocycles. The highest BCUT2D eigenvalue weighted by molar-refractivity contribution is 7.10. The molecular formula is C16H29NS. The highest BCUT2D eigenvalue weighted by Gasteiger charge is 2.32. The molecule has 0 atom stereocenters. The molecule has 0 aromatic carbocycles. The van der Waals surface area contributed by atoms with Crippen LogP contribution in [0.5, 0.6) is 0 Å². The fourth-order valence-corrected chi connectivity index (χ4v) is 3.59. The lowest BCUT2D eigenvalue weighted by atomic mass is 9.77. The monoisotopic (exact) mass is 267 g/mol. The SMILES string of the molecule is CCCC(CCC)(CNC(C)(C)C)c1cccs1. The van der Waals surface area contributed by atoms with Crippen LogP contribution in [0.1, 0.15) is 65.2 Å². The van der Waals surface area contributed by atoms with Gasteiger partial charge in [0.05, 0.1) is 0 Å². The molecule has 0 amide bonds. The fourth-order valence-electron chi connectivity index (χ4n) is 2.61. The maximum atomic E-state index is 3.73. The summed E-state index contributed by atoms with van der Waals surface area (Å²) in [7, 11) is 0. The van der Waals surface area contributed by atoms with Gasteiger partial charge in [-0.05, 0) is 45.1 Å². The molecule has 2 heteroatoms. The molecule has 0 radical (unpaired) electrons. The van der Waals surface area contributed by atoms with E-state index in [0.717, 1.165) is 6.54 Å². The second-order valence-electron chi connectivity index (χ2n) is 6.36. The van der Waals surface area contributed by atoms with E-state index in [1.165, 1.54) is 25.7 Å². The van der Waals surface area contributed by atoms with Crippen molar-refractivity contribution in [3.8, 4) is 0 Å². The first kappa shape index (κ1) is 15.7. The molecule has 0 aliphatic rings. The number of hydrogen-bond acceptors (Lipinski definition) is 2. The molecule has 1 rings (SSSR count). The number of nitrogens with one attached hydrogen (secondary N) is 1. The Balaban J connectivity index is 2.90. The Bertz CT molecular complexity index is 315. The molecule has 1 aromatic rings. The van der Waals surface area contributed by atoms with Crippen LogP contribution in [0, 0.1) is 0 Å². The standard InChI is InChI=1S/C16H29NS/c1-6-10-16(11-7-2,13-17-15(3,4)5)14-9-8-12-18-14/h8-9,12,17H,6-7,10-11,13H2,1-5H3. The zero-order valence-electron chi connectivity index (χ0n) is 12.7. The molecule has 0 spiro atoms. The fraction of sp³-hybridized carbons (Fsp3) is 0.750. The van der Waals surface area contributed by atoms with Gasteiger partial charge >= 0.3 is 0 Å². The normalized spacial score (nSPS) is 12.9. The summed E-state index contributed by atoms with van der Waals surface area (Å²) in [6, 6.07) is 4.51. The lowest BCUT2D eigenvalue weighted by Gasteiger charge is -2.36. The first-order valence-electron chi connectivity index (χ1n) is 7.22. The maximum absolute atomic E-state index is 3.73. The highest BCUT2D eigenvalue weighted by atomic mass is 32.1. The first-order chi connectivity index (χ1) is 8.43. The van der Waals surface area contributed by atoms with Crippen molar-refractivity contribution in [3.63, 3.8) is 0 Å². The van der Waals surface area contributed by atoms with Gasteiger partial charge in [0.15, 0.2) is 0 Å². The van der Waals surface area contributed by atoms with Crippen molar-refractivity contribution in [1.82, 2.24) is 5.32 Å². The molecule has 0 saturated carbocycles. The summed E-state index contributed by atoms with van der Waals surface area (Å²) in [5.41, 5.74) is 0.537. The van der Waals surface area contributed by atoms with E-state index in [1.54, 1.807) is 4.88 Å². The van der Waals surface area contributed by atoms with Gasteiger partial charge < -0.3 is 5.32 Å². The molecule has 1 heterocycles. The Kier molecular flexibility index (Phi) is 5.87. The third kappa shape index (κ3) is 4.40. The first-order valence-corrected chi connectivity index (χ1v) is 8.10. The summed E-state index contributed by atoms with van der Waals surface area (Å²) >= 11 is 1.92. The van der Waals surface area contributed by atoms with Crippen LogP contribution in [0.2, 0.25) is 0 Å². The topological polar surface area (TPSA) is 12.0 Å². The van der Waals surface area contributed by atoms with Crippen molar-refractivity contribution in [2.75, 3.05) is 6.54 Å². The van der Waals surface area contributed by atoms with E-state index in [1.807, 2.05) is 11.3 Å². The van der Waals surface area contributed by atoms with Crippen molar-refractivity contribution >= 4 is 11.3 Å². The Morgan fingerprint density at radius 1 is 1.11 bits per heavy atom. The van der Waals surface area contributed by atoms with Gasteiger partial charge in [0.2, 0.25) is 0 Å². The van der Waals surface area contributed by atoms with Crippen LogP contribution < -0.4 is 5.32 Å². The summed E-state index contributed by atoms with van der Waals surface area (Å²) in [5.74, 6) is 0. The van der Waals surface area contributed by atoms with Crippen molar-refractivity contribution in [3.05, 3.63) is 22.4 Å². The molecule has 0 saturated heterocycles. The molecule has 0 aliphatic carbocycles. The van der Waals surface area contributed by atoms with E-state index in [-0.39, 0.29) is 5.54 Å². The summed E-state index contributed by atoms with van der Waals surface area (Å²) < 4.78 is 0. The minimum Gasteiger partial charge on any atom is -0.311 e. The van der Waals surface area contributed by atoms with Gasteiger partial charge in [0.1, 0.15) is 0 Å². The van der Waals surface area contributed by atoms with Gasteiger partial charge in [0.25, 0.3) is 0 Å². The van der Waals surface area contributed by atoms with Crippen molar-refractivity contribution in [1.29, 1.82) is 0 Å². The summed E-state index contributed by atoms with van der Waals surface area (Å²) in [5, 5.41) is 5.94. The third-order valence-corrected chi connectivity index (χ3v) is 4.57. The van der Waals surface area contributed by atoms with Gasteiger partial charge in [0, 0.05) is 22.4 Å². The van der Waals surface area contributed by atoms with Crippen LogP contribution in [-0.4, -0.2) is 12.1 Å². The number of thiophene rings is 1.